The van der Waals surface area contributed by atoms with Crippen LogP contribution in [0.25, 0.3) is 0 Å². The summed E-state index contributed by atoms with van der Waals surface area (Å²) in [4.78, 5) is 0. The van der Waals surface area contributed by atoms with Crippen LogP contribution in [0.5, 0.6) is 0 Å². The molecule has 0 aliphatic heterocycles. The molecule has 3 nitrogen and oxygen atoms in total. The Morgan fingerprint density at radius 3 is 2.67 bits per heavy atom. The van der Waals surface area contributed by atoms with Gasteiger partial charge in [-0.05, 0) is 25.5 Å². The van der Waals surface area contributed by atoms with Gasteiger partial charge in [-0.3, -0.25) is 0 Å². The number of aryl methyl sites for hydroxylation is 2. The van der Waals surface area contributed by atoms with Crippen molar-refractivity contribution in [3.05, 3.63) is 23.2 Å². The van der Waals surface area contributed by atoms with Crippen LogP contribution in [0.2, 0.25) is 0 Å². The summed E-state index contributed by atoms with van der Waals surface area (Å²) in [5.41, 5.74) is 6.34. The summed E-state index contributed by atoms with van der Waals surface area (Å²) in [7, 11) is 0. The van der Waals surface area contributed by atoms with Crippen molar-refractivity contribution in [3.63, 3.8) is 0 Å². The SMILES string of the molecule is Cc1cc(CC(O)CN)c(C)o1. The summed E-state index contributed by atoms with van der Waals surface area (Å²) in [6, 6.07) is 1.94. The maximum atomic E-state index is 9.28. The molecular formula is C9H15NO2. The van der Waals surface area contributed by atoms with Gasteiger partial charge >= 0.3 is 0 Å². The van der Waals surface area contributed by atoms with Gasteiger partial charge in [-0.1, -0.05) is 0 Å². The Labute approximate surface area is 72.2 Å². The number of hydrogen-bond acceptors (Lipinski definition) is 3. The Bertz CT molecular complexity index is 255. The van der Waals surface area contributed by atoms with Crippen LogP contribution in [-0.2, 0) is 6.42 Å². The van der Waals surface area contributed by atoms with E-state index in [1.807, 2.05) is 19.9 Å². The summed E-state index contributed by atoms with van der Waals surface area (Å²) >= 11 is 0. The molecule has 0 spiro atoms. The monoisotopic (exact) mass is 169 g/mol. The molecule has 0 saturated carbocycles. The topological polar surface area (TPSA) is 59.4 Å². The number of rotatable bonds is 3. The van der Waals surface area contributed by atoms with Gasteiger partial charge in [0.25, 0.3) is 0 Å². The standard InChI is InChI=1S/C9H15NO2/c1-6-3-8(7(2)12-6)4-9(11)5-10/h3,9,11H,4-5,10H2,1-2H3. The first-order chi connectivity index (χ1) is 5.63. The van der Waals surface area contributed by atoms with Crippen LogP contribution < -0.4 is 5.73 Å². The van der Waals surface area contributed by atoms with Crippen molar-refractivity contribution in [1.82, 2.24) is 0 Å². The molecular weight excluding hydrogens is 154 g/mol. The van der Waals surface area contributed by atoms with Crippen molar-refractivity contribution in [2.24, 2.45) is 5.73 Å². The third kappa shape index (κ3) is 2.09. The number of hydrogen-bond donors (Lipinski definition) is 2. The van der Waals surface area contributed by atoms with E-state index in [4.69, 9.17) is 10.2 Å². The molecule has 1 rings (SSSR count). The first kappa shape index (κ1) is 9.29. The minimum atomic E-state index is -0.458. The first-order valence-electron chi connectivity index (χ1n) is 4.07. The van der Waals surface area contributed by atoms with Crippen LogP contribution in [-0.4, -0.2) is 17.8 Å². The van der Waals surface area contributed by atoms with Gasteiger partial charge in [-0.25, -0.2) is 0 Å². The maximum Gasteiger partial charge on any atom is 0.104 e. The van der Waals surface area contributed by atoms with E-state index in [-0.39, 0.29) is 0 Å². The minimum absolute atomic E-state index is 0.295. The first-order valence-corrected chi connectivity index (χ1v) is 4.07. The van der Waals surface area contributed by atoms with E-state index in [2.05, 4.69) is 0 Å². The summed E-state index contributed by atoms with van der Waals surface area (Å²) in [5, 5.41) is 9.28. The third-order valence-electron chi connectivity index (χ3n) is 1.87. The second-order valence-electron chi connectivity index (χ2n) is 3.03. The highest BCUT2D eigenvalue weighted by Gasteiger charge is 2.08. The molecule has 1 heterocycles. The van der Waals surface area contributed by atoms with Gasteiger partial charge in [0.1, 0.15) is 11.5 Å². The zero-order chi connectivity index (χ0) is 9.14. The average molecular weight is 169 g/mol. The molecule has 0 bridgehead atoms. The van der Waals surface area contributed by atoms with Crippen molar-refractivity contribution >= 4 is 0 Å². The van der Waals surface area contributed by atoms with Crippen molar-refractivity contribution < 1.29 is 9.52 Å². The van der Waals surface area contributed by atoms with Crippen LogP contribution in [0.1, 0.15) is 17.1 Å². The molecule has 0 amide bonds. The predicted octanol–water partition coefficient (Wildman–Crippen LogP) is 0.759. The molecule has 0 aliphatic carbocycles. The van der Waals surface area contributed by atoms with Gasteiger partial charge in [0.15, 0.2) is 0 Å². The van der Waals surface area contributed by atoms with Gasteiger partial charge in [0.05, 0.1) is 6.10 Å². The Morgan fingerprint density at radius 2 is 2.25 bits per heavy atom. The molecule has 3 heteroatoms. The number of nitrogens with two attached hydrogens (primary N) is 1. The lowest BCUT2D eigenvalue weighted by Gasteiger charge is -2.04. The fraction of sp³-hybridized carbons (Fsp3) is 0.556. The van der Waals surface area contributed by atoms with Gasteiger partial charge < -0.3 is 15.3 Å². The van der Waals surface area contributed by atoms with E-state index in [0.717, 1.165) is 17.1 Å². The smallest absolute Gasteiger partial charge is 0.104 e. The molecule has 12 heavy (non-hydrogen) atoms. The molecule has 0 fully saturated rings. The zero-order valence-electron chi connectivity index (χ0n) is 7.50. The van der Waals surface area contributed by atoms with Gasteiger partial charge in [-0.15, -0.1) is 0 Å². The summed E-state index contributed by atoms with van der Waals surface area (Å²) in [5.74, 6) is 1.76. The van der Waals surface area contributed by atoms with Crippen LogP contribution in [0, 0.1) is 13.8 Å². The van der Waals surface area contributed by atoms with E-state index >= 15 is 0 Å². The molecule has 0 aromatic carbocycles. The van der Waals surface area contributed by atoms with E-state index in [0.29, 0.717) is 13.0 Å². The fourth-order valence-electron chi connectivity index (χ4n) is 1.22. The number of aliphatic hydroxyl groups is 1. The molecule has 0 aliphatic rings. The summed E-state index contributed by atoms with van der Waals surface area (Å²) in [6.07, 6.45) is 0.125. The van der Waals surface area contributed by atoms with Crippen molar-refractivity contribution in [1.29, 1.82) is 0 Å². The highest BCUT2D eigenvalue weighted by Crippen LogP contribution is 2.15. The lowest BCUT2D eigenvalue weighted by Crippen LogP contribution is -2.21. The number of furan rings is 1. The van der Waals surface area contributed by atoms with E-state index in [1.165, 1.54) is 0 Å². The quantitative estimate of drug-likeness (QED) is 0.702. The molecule has 1 unspecified atom stereocenters. The normalized spacial score (nSPS) is 13.3. The Morgan fingerprint density at radius 1 is 1.58 bits per heavy atom. The Balaban J connectivity index is 2.68. The lowest BCUT2D eigenvalue weighted by atomic mass is 10.1. The largest absolute Gasteiger partial charge is 0.466 e. The highest BCUT2D eigenvalue weighted by molar-refractivity contribution is 5.20. The zero-order valence-corrected chi connectivity index (χ0v) is 7.50. The second-order valence-corrected chi connectivity index (χ2v) is 3.03. The fourth-order valence-corrected chi connectivity index (χ4v) is 1.22. The molecule has 68 valence electrons. The van der Waals surface area contributed by atoms with Crippen molar-refractivity contribution in [2.75, 3.05) is 6.54 Å². The van der Waals surface area contributed by atoms with Gasteiger partial charge in [0, 0.05) is 13.0 Å². The summed E-state index contributed by atoms with van der Waals surface area (Å²) < 4.78 is 5.31. The average Bonchev–Trinajstić information content (AvgIpc) is 2.30. The molecule has 3 N–H and O–H groups in total. The van der Waals surface area contributed by atoms with Crippen molar-refractivity contribution in [3.8, 4) is 0 Å². The van der Waals surface area contributed by atoms with E-state index < -0.39 is 6.10 Å². The van der Waals surface area contributed by atoms with E-state index in [1.54, 1.807) is 0 Å². The van der Waals surface area contributed by atoms with Crippen LogP contribution in [0.4, 0.5) is 0 Å². The third-order valence-corrected chi connectivity index (χ3v) is 1.87. The molecule has 1 aromatic rings. The molecule has 0 radical (unpaired) electrons. The maximum absolute atomic E-state index is 9.28. The predicted molar refractivity (Wildman–Crippen MR) is 46.9 cm³/mol. The molecule has 1 atom stereocenters. The molecule has 0 saturated heterocycles. The van der Waals surface area contributed by atoms with Crippen LogP contribution in [0.15, 0.2) is 10.5 Å². The van der Waals surface area contributed by atoms with Crippen LogP contribution in [0.3, 0.4) is 0 Å². The highest BCUT2D eigenvalue weighted by atomic mass is 16.3. The molecule has 1 aromatic heterocycles. The lowest BCUT2D eigenvalue weighted by molar-refractivity contribution is 0.183. The second kappa shape index (κ2) is 3.74. The Kier molecular flexibility index (Phi) is 2.89. The van der Waals surface area contributed by atoms with Crippen molar-refractivity contribution in [2.45, 2.75) is 26.4 Å². The van der Waals surface area contributed by atoms with Crippen LogP contribution >= 0.6 is 0 Å². The Hall–Kier alpha value is -0.800. The van der Waals surface area contributed by atoms with E-state index in [9.17, 15) is 5.11 Å². The number of aliphatic hydroxyl groups excluding tert-OH is 1. The van der Waals surface area contributed by atoms with Gasteiger partial charge in [-0.2, -0.15) is 0 Å². The summed E-state index contributed by atoms with van der Waals surface area (Å²) in [6.45, 7) is 4.08. The van der Waals surface area contributed by atoms with Gasteiger partial charge in [0.2, 0.25) is 0 Å². The minimum Gasteiger partial charge on any atom is -0.466 e.